The Morgan fingerprint density at radius 1 is 1.22 bits per heavy atom. The van der Waals surface area contributed by atoms with Gasteiger partial charge in [-0.25, -0.2) is 0 Å². The maximum atomic E-state index is 6.09. The van der Waals surface area contributed by atoms with E-state index in [0.29, 0.717) is 22.3 Å². The van der Waals surface area contributed by atoms with Crippen LogP contribution in [0.4, 0.5) is 0 Å². The number of nitrogens with zero attached hydrogens (tertiary/aromatic N) is 1. The van der Waals surface area contributed by atoms with Crippen molar-refractivity contribution in [3.63, 3.8) is 0 Å². The third kappa shape index (κ3) is 3.98. The Morgan fingerprint density at radius 3 is 2.87 bits per heavy atom. The molecule has 0 saturated heterocycles. The zero-order valence-corrected chi connectivity index (χ0v) is 13.0. The van der Waals surface area contributed by atoms with Crippen molar-refractivity contribution >= 4 is 17.4 Å². The predicted molar refractivity (Wildman–Crippen MR) is 85.9 cm³/mol. The molecule has 0 aliphatic carbocycles. The lowest BCUT2D eigenvalue weighted by Gasteiger charge is -2.06. The molecule has 0 amide bonds. The summed E-state index contributed by atoms with van der Waals surface area (Å²) in [6.45, 7) is 0.523. The molecule has 7 heteroatoms. The Labute approximate surface area is 138 Å². The van der Waals surface area contributed by atoms with Crippen molar-refractivity contribution in [2.24, 2.45) is 10.9 Å². The highest BCUT2D eigenvalue weighted by atomic mass is 35.5. The summed E-state index contributed by atoms with van der Waals surface area (Å²) in [6, 6.07) is 12.9. The molecule has 1 aliphatic rings. The van der Waals surface area contributed by atoms with Crippen molar-refractivity contribution in [2.45, 2.75) is 6.61 Å². The van der Waals surface area contributed by atoms with Crippen LogP contribution in [-0.2, 0) is 11.4 Å². The molecule has 1 heterocycles. The average Bonchev–Trinajstić information content (AvgIpc) is 3.03. The molecule has 120 valence electrons. The summed E-state index contributed by atoms with van der Waals surface area (Å²) in [5, 5.41) is 4.29. The Balaban J connectivity index is 1.51. The maximum absolute atomic E-state index is 6.09. The highest BCUT2D eigenvalue weighted by Crippen LogP contribution is 2.39. The number of halogens is 1. The van der Waals surface area contributed by atoms with Crippen molar-refractivity contribution in [2.75, 3.05) is 13.4 Å². The van der Waals surface area contributed by atoms with Gasteiger partial charge in [0.2, 0.25) is 6.79 Å². The summed E-state index contributed by atoms with van der Waals surface area (Å²) in [5.41, 5.74) is 6.54. The third-order valence-electron chi connectivity index (χ3n) is 3.03. The van der Waals surface area contributed by atoms with Gasteiger partial charge in [0.15, 0.2) is 17.3 Å². The van der Waals surface area contributed by atoms with Crippen LogP contribution in [0.1, 0.15) is 5.56 Å². The van der Waals surface area contributed by atoms with Gasteiger partial charge < -0.3 is 24.8 Å². The van der Waals surface area contributed by atoms with E-state index in [1.807, 2.05) is 30.3 Å². The smallest absolute Gasteiger partial charge is 0.231 e. The fourth-order valence-electron chi connectivity index (χ4n) is 1.99. The zero-order valence-electron chi connectivity index (χ0n) is 12.2. The van der Waals surface area contributed by atoms with E-state index in [1.54, 1.807) is 12.1 Å². The molecule has 1 aliphatic heterocycles. The van der Waals surface area contributed by atoms with Crippen LogP contribution >= 0.6 is 11.6 Å². The standard InChI is InChI=1S/C16H15ClN2O4/c17-13-6-11(7-14-16(13)22-10-21-14)8-23-19-15(18)9-20-12-4-2-1-3-5-12/h1-7H,8-10H2,(H2,18,19). The van der Waals surface area contributed by atoms with E-state index >= 15 is 0 Å². The van der Waals surface area contributed by atoms with E-state index in [1.165, 1.54) is 0 Å². The molecular formula is C16H15ClN2O4. The van der Waals surface area contributed by atoms with Gasteiger partial charge in [-0.1, -0.05) is 35.0 Å². The molecule has 2 aromatic carbocycles. The second-order valence-corrected chi connectivity index (χ2v) is 5.18. The molecule has 0 spiro atoms. The minimum atomic E-state index is 0.145. The second kappa shape index (κ2) is 7.11. The van der Waals surface area contributed by atoms with E-state index in [2.05, 4.69) is 5.16 Å². The first-order valence-corrected chi connectivity index (χ1v) is 7.30. The van der Waals surface area contributed by atoms with Crippen LogP contribution in [-0.4, -0.2) is 19.2 Å². The minimum Gasteiger partial charge on any atom is -0.486 e. The van der Waals surface area contributed by atoms with E-state index in [4.69, 9.17) is 36.4 Å². The fraction of sp³-hybridized carbons (Fsp3) is 0.188. The molecule has 6 nitrogen and oxygen atoms in total. The SMILES string of the molecule is N/C(COc1ccccc1)=N/OCc1cc(Cl)c2c(c1)OCO2. The molecular weight excluding hydrogens is 320 g/mol. The lowest BCUT2D eigenvalue weighted by Crippen LogP contribution is -2.21. The van der Waals surface area contributed by atoms with Gasteiger partial charge in [-0.3, -0.25) is 0 Å². The van der Waals surface area contributed by atoms with Crippen LogP contribution in [0, 0.1) is 0 Å². The molecule has 3 rings (SSSR count). The second-order valence-electron chi connectivity index (χ2n) is 4.77. The maximum Gasteiger partial charge on any atom is 0.231 e. The number of oxime groups is 1. The van der Waals surface area contributed by atoms with E-state index in [0.717, 1.165) is 5.56 Å². The third-order valence-corrected chi connectivity index (χ3v) is 3.31. The normalized spacial score (nSPS) is 13.0. The zero-order chi connectivity index (χ0) is 16.1. The quantitative estimate of drug-likeness (QED) is 0.499. The van der Waals surface area contributed by atoms with Gasteiger partial charge in [0, 0.05) is 0 Å². The minimum absolute atomic E-state index is 0.145. The number of ether oxygens (including phenoxy) is 3. The fourth-order valence-corrected chi connectivity index (χ4v) is 2.28. The summed E-state index contributed by atoms with van der Waals surface area (Å²) in [5.74, 6) is 2.10. The topological polar surface area (TPSA) is 75.3 Å². The largest absolute Gasteiger partial charge is 0.486 e. The summed E-state index contributed by atoms with van der Waals surface area (Å²) in [6.07, 6.45) is 0. The summed E-state index contributed by atoms with van der Waals surface area (Å²) in [7, 11) is 0. The molecule has 0 bridgehead atoms. The average molecular weight is 335 g/mol. The van der Waals surface area contributed by atoms with Crippen molar-refractivity contribution in [3.8, 4) is 17.2 Å². The highest BCUT2D eigenvalue weighted by molar-refractivity contribution is 6.32. The van der Waals surface area contributed by atoms with Gasteiger partial charge in [0.25, 0.3) is 0 Å². The number of rotatable bonds is 6. The molecule has 2 aromatic rings. The van der Waals surface area contributed by atoms with Crippen LogP contribution in [0.25, 0.3) is 0 Å². The Kier molecular flexibility index (Phi) is 4.73. The number of amidine groups is 1. The Hall–Kier alpha value is -2.60. The van der Waals surface area contributed by atoms with Crippen molar-refractivity contribution in [1.29, 1.82) is 0 Å². The lowest BCUT2D eigenvalue weighted by molar-refractivity contribution is 0.128. The number of hydrogen-bond acceptors (Lipinski definition) is 5. The molecule has 0 fully saturated rings. The van der Waals surface area contributed by atoms with Gasteiger partial charge in [0.05, 0.1) is 5.02 Å². The summed E-state index contributed by atoms with van der Waals surface area (Å²) >= 11 is 6.09. The van der Waals surface area contributed by atoms with Gasteiger partial charge in [-0.05, 0) is 29.8 Å². The molecule has 0 unspecified atom stereocenters. The van der Waals surface area contributed by atoms with Gasteiger partial charge in [0.1, 0.15) is 19.0 Å². The predicted octanol–water partition coefficient (Wildman–Crippen LogP) is 2.94. The van der Waals surface area contributed by atoms with Crippen molar-refractivity contribution < 1.29 is 19.0 Å². The molecule has 0 radical (unpaired) electrons. The van der Waals surface area contributed by atoms with E-state index in [9.17, 15) is 0 Å². The first kappa shape index (κ1) is 15.3. The van der Waals surface area contributed by atoms with Crippen molar-refractivity contribution in [3.05, 3.63) is 53.1 Å². The van der Waals surface area contributed by atoms with Crippen LogP contribution in [0.5, 0.6) is 17.2 Å². The monoisotopic (exact) mass is 334 g/mol. The number of nitrogens with two attached hydrogens (primary N) is 1. The van der Waals surface area contributed by atoms with Gasteiger partial charge in [-0.2, -0.15) is 0 Å². The van der Waals surface area contributed by atoms with E-state index < -0.39 is 0 Å². The molecule has 0 aromatic heterocycles. The molecule has 0 atom stereocenters. The van der Waals surface area contributed by atoms with Gasteiger partial charge >= 0.3 is 0 Å². The number of fused-ring (bicyclic) bond motifs is 1. The number of benzene rings is 2. The number of para-hydroxylation sites is 1. The molecule has 23 heavy (non-hydrogen) atoms. The Bertz CT molecular complexity index is 707. The van der Waals surface area contributed by atoms with Crippen LogP contribution < -0.4 is 19.9 Å². The van der Waals surface area contributed by atoms with E-state index in [-0.39, 0.29) is 25.8 Å². The first-order valence-electron chi connectivity index (χ1n) is 6.92. The lowest BCUT2D eigenvalue weighted by atomic mass is 10.2. The van der Waals surface area contributed by atoms with Crippen LogP contribution in [0.2, 0.25) is 5.02 Å². The Morgan fingerprint density at radius 2 is 2.04 bits per heavy atom. The molecule has 0 saturated carbocycles. The summed E-state index contributed by atoms with van der Waals surface area (Å²) < 4.78 is 16.0. The van der Waals surface area contributed by atoms with Crippen LogP contribution in [0.3, 0.4) is 0 Å². The molecule has 2 N–H and O–H groups in total. The van der Waals surface area contributed by atoms with Crippen molar-refractivity contribution in [1.82, 2.24) is 0 Å². The highest BCUT2D eigenvalue weighted by Gasteiger charge is 2.18. The van der Waals surface area contributed by atoms with Gasteiger partial charge in [-0.15, -0.1) is 0 Å². The summed E-state index contributed by atoms with van der Waals surface area (Å²) in [4.78, 5) is 5.21. The number of hydrogen-bond donors (Lipinski definition) is 1. The van der Waals surface area contributed by atoms with Crippen LogP contribution in [0.15, 0.2) is 47.6 Å². The first-order chi connectivity index (χ1) is 11.2.